The third-order valence-electron chi connectivity index (χ3n) is 8.22. The maximum atomic E-state index is 13.7. The molecule has 5 N–H and O–H groups in total. The molecule has 0 bridgehead atoms. The molecule has 1 aromatic heterocycles. The van der Waals surface area contributed by atoms with E-state index in [4.69, 9.17) is 11.6 Å². The van der Waals surface area contributed by atoms with Crippen LogP contribution in [0.4, 0.5) is 21.9 Å². The third-order valence-corrected chi connectivity index (χ3v) is 8.46. The molecule has 5 aromatic rings. The van der Waals surface area contributed by atoms with Gasteiger partial charge in [-0.1, -0.05) is 85.3 Å². The minimum absolute atomic E-state index is 0.175. The second kappa shape index (κ2) is 15.3. The van der Waals surface area contributed by atoms with Crippen molar-refractivity contribution in [1.82, 2.24) is 15.6 Å². The van der Waals surface area contributed by atoms with Crippen LogP contribution >= 0.6 is 11.6 Å². The fourth-order valence-electron chi connectivity index (χ4n) is 5.86. The van der Waals surface area contributed by atoms with Gasteiger partial charge in [0.25, 0.3) is 11.8 Å². The third kappa shape index (κ3) is 7.80. The topological polar surface area (TPSA) is 124 Å². The van der Waals surface area contributed by atoms with E-state index < -0.39 is 6.03 Å². The van der Waals surface area contributed by atoms with E-state index in [0.717, 1.165) is 16.7 Å². The van der Waals surface area contributed by atoms with Crippen molar-refractivity contribution in [2.45, 2.75) is 25.8 Å². The quantitative estimate of drug-likeness (QED) is 0.0914. The largest absolute Gasteiger partial charge is 0.384 e. The van der Waals surface area contributed by atoms with Crippen LogP contribution < -0.4 is 26.6 Å². The van der Waals surface area contributed by atoms with Gasteiger partial charge in [-0.2, -0.15) is 0 Å². The van der Waals surface area contributed by atoms with E-state index in [1.54, 1.807) is 48.8 Å². The van der Waals surface area contributed by atoms with E-state index in [1.165, 1.54) is 0 Å². The smallest absolute Gasteiger partial charge is 0.323 e. The van der Waals surface area contributed by atoms with Crippen LogP contribution in [-0.2, 0) is 11.2 Å². The summed E-state index contributed by atoms with van der Waals surface area (Å²) in [6.07, 6.45) is 4.58. The van der Waals surface area contributed by atoms with Crippen molar-refractivity contribution in [3.63, 3.8) is 0 Å². The van der Waals surface area contributed by atoms with Crippen LogP contribution in [0.1, 0.15) is 52.0 Å². The van der Waals surface area contributed by atoms with Crippen LogP contribution in [0.2, 0.25) is 5.02 Å². The standard InChI is InChI=1S/C39H35ClN6O3/c1-2-32(25-10-4-3-5-11-25)44-37(47)31-16-9-15-30-34(38(48)46-36(30)31)35(27-18-21-41-22-19-27)42-23-20-26-12-6-7-17-33(26)45-39(49)43-29-14-8-13-28(40)24-29/h3-19,21-22,24,32,42H,2,20,23H2,1H3,(H,44,47)(H,46,48)(H2,43,45,49)/t32-/m0/s1. The fourth-order valence-corrected chi connectivity index (χ4v) is 6.05. The summed E-state index contributed by atoms with van der Waals surface area (Å²) in [5.41, 5.74) is 6.44. The number of hydrogen-bond acceptors (Lipinski definition) is 5. The number of carbonyl (C=O) groups is 3. The van der Waals surface area contributed by atoms with E-state index >= 15 is 0 Å². The van der Waals surface area contributed by atoms with Crippen LogP contribution in [0.3, 0.4) is 0 Å². The Morgan fingerprint density at radius 3 is 2.39 bits per heavy atom. The van der Waals surface area contributed by atoms with Gasteiger partial charge in [-0.25, -0.2) is 4.79 Å². The first kappa shape index (κ1) is 33.0. The minimum atomic E-state index is -0.393. The molecule has 0 saturated heterocycles. The molecule has 1 atom stereocenters. The second-order valence-electron chi connectivity index (χ2n) is 11.4. The van der Waals surface area contributed by atoms with E-state index in [0.29, 0.717) is 63.9 Å². The molecule has 1 aliphatic heterocycles. The van der Waals surface area contributed by atoms with Crippen LogP contribution in [0.5, 0.6) is 0 Å². The van der Waals surface area contributed by atoms with Gasteiger partial charge < -0.3 is 26.6 Å². The number of anilines is 3. The van der Waals surface area contributed by atoms with Crippen molar-refractivity contribution >= 4 is 57.8 Å². The van der Waals surface area contributed by atoms with Gasteiger partial charge >= 0.3 is 6.03 Å². The molecule has 0 saturated carbocycles. The molecule has 0 fully saturated rings. The van der Waals surface area contributed by atoms with Crippen molar-refractivity contribution < 1.29 is 14.4 Å². The van der Waals surface area contributed by atoms with E-state index in [9.17, 15) is 14.4 Å². The summed E-state index contributed by atoms with van der Waals surface area (Å²) < 4.78 is 0. The Kier molecular flexibility index (Phi) is 10.3. The number of halogens is 1. The minimum Gasteiger partial charge on any atom is -0.384 e. The summed E-state index contributed by atoms with van der Waals surface area (Å²) >= 11 is 6.06. The van der Waals surface area contributed by atoms with Crippen molar-refractivity contribution in [3.05, 3.63) is 154 Å². The van der Waals surface area contributed by atoms with E-state index in [-0.39, 0.29) is 17.9 Å². The van der Waals surface area contributed by atoms with Gasteiger partial charge in [-0.15, -0.1) is 0 Å². The molecule has 246 valence electrons. The first-order chi connectivity index (χ1) is 23.9. The number of amides is 4. The second-order valence-corrected chi connectivity index (χ2v) is 11.9. The van der Waals surface area contributed by atoms with Gasteiger partial charge in [0.15, 0.2) is 0 Å². The number of benzene rings is 4. The maximum Gasteiger partial charge on any atom is 0.323 e. The van der Waals surface area contributed by atoms with Crippen LogP contribution in [0.15, 0.2) is 122 Å². The number of urea groups is 1. The average Bonchev–Trinajstić information content (AvgIpc) is 3.45. The molecule has 0 unspecified atom stereocenters. The Balaban J connectivity index is 1.24. The summed E-state index contributed by atoms with van der Waals surface area (Å²) in [5, 5.41) is 15.8. The predicted molar refractivity (Wildman–Crippen MR) is 195 cm³/mol. The lowest BCUT2D eigenvalue weighted by Gasteiger charge is -2.18. The highest BCUT2D eigenvalue weighted by molar-refractivity contribution is 6.37. The Hall–Kier alpha value is -5.93. The highest BCUT2D eigenvalue weighted by Crippen LogP contribution is 2.38. The first-order valence-electron chi connectivity index (χ1n) is 16.0. The number of carbonyl (C=O) groups excluding carboxylic acids is 3. The lowest BCUT2D eigenvalue weighted by molar-refractivity contribution is -0.110. The van der Waals surface area contributed by atoms with Crippen LogP contribution in [0, 0.1) is 0 Å². The van der Waals surface area contributed by atoms with E-state index in [2.05, 4.69) is 31.6 Å². The predicted octanol–water partition coefficient (Wildman–Crippen LogP) is 7.91. The summed E-state index contributed by atoms with van der Waals surface area (Å²) in [4.78, 5) is 44.2. The summed E-state index contributed by atoms with van der Waals surface area (Å²) in [6, 6.07) is 32.7. The maximum absolute atomic E-state index is 13.7. The van der Waals surface area contributed by atoms with Gasteiger partial charge in [-0.05, 0) is 66.4 Å². The molecule has 49 heavy (non-hydrogen) atoms. The van der Waals surface area contributed by atoms with Crippen LogP contribution in [-0.4, -0.2) is 29.4 Å². The zero-order chi connectivity index (χ0) is 34.2. The van der Waals surface area contributed by atoms with Crippen molar-refractivity contribution in [2.75, 3.05) is 22.5 Å². The molecule has 10 heteroatoms. The van der Waals surface area contributed by atoms with E-state index in [1.807, 2.05) is 79.7 Å². The van der Waals surface area contributed by atoms with Gasteiger partial charge in [-0.3, -0.25) is 14.6 Å². The Morgan fingerprint density at radius 2 is 1.61 bits per heavy atom. The lowest BCUT2D eigenvalue weighted by atomic mass is 9.98. The van der Waals surface area contributed by atoms with Gasteiger partial charge in [0.05, 0.1) is 28.6 Å². The zero-order valence-electron chi connectivity index (χ0n) is 26.8. The summed E-state index contributed by atoms with van der Waals surface area (Å²) in [5.74, 6) is -0.583. The number of hydrogen-bond donors (Lipinski definition) is 5. The molecular weight excluding hydrogens is 636 g/mol. The van der Waals surface area contributed by atoms with Gasteiger partial charge in [0.1, 0.15) is 0 Å². The van der Waals surface area contributed by atoms with Crippen LogP contribution in [0.25, 0.3) is 11.3 Å². The fraction of sp³-hybridized carbons (Fsp3) is 0.128. The Labute approximate surface area is 289 Å². The van der Waals surface area contributed by atoms with Crippen molar-refractivity contribution in [1.29, 1.82) is 0 Å². The lowest BCUT2D eigenvalue weighted by Crippen LogP contribution is -2.28. The number of nitrogens with one attached hydrogen (secondary N) is 5. The van der Waals surface area contributed by atoms with Gasteiger partial charge in [0.2, 0.25) is 0 Å². The molecule has 4 amide bonds. The number of aromatic nitrogens is 1. The SMILES string of the molecule is CC[C@H](NC(=O)c1cccc2c1NC(=O)C2=C(NCCc1ccccc1NC(=O)Nc1cccc(Cl)c1)c1ccncc1)c1ccccc1. The number of rotatable bonds is 11. The number of pyridine rings is 1. The summed E-state index contributed by atoms with van der Waals surface area (Å²) in [6.45, 7) is 2.46. The average molecular weight is 671 g/mol. The molecule has 0 spiro atoms. The van der Waals surface area contributed by atoms with Crippen molar-refractivity contribution in [2.24, 2.45) is 0 Å². The normalized spacial score (nSPS) is 13.5. The molecule has 4 aromatic carbocycles. The number of nitrogens with zero attached hydrogens (tertiary/aromatic N) is 1. The molecule has 2 heterocycles. The summed E-state index contributed by atoms with van der Waals surface area (Å²) in [7, 11) is 0. The molecule has 6 rings (SSSR count). The Bertz CT molecular complexity index is 2020. The molecule has 1 aliphatic rings. The van der Waals surface area contributed by atoms with Crippen molar-refractivity contribution in [3.8, 4) is 0 Å². The van der Waals surface area contributed by atoms with Gasteiger partial charge in [0, 0.05) is 46.5 Å². The molecular formula is C39H35ClN6O3. The zero-order valence-corrected chi connectivity index (χ0v) is 27.6. The highest BCUT2D eigenvalue weighted by atomic mass is 35.5. The molecule has 0 radical (unpaired) electrons. The highest BCUT2D eigenvalue weighted by Gasteiger charge is 2.32. The Morgan fingerprint density at radius 1 is 0.857 bits per heavy atom. The molecule has 9 nitrogen and oxygen atoms in total. The molecule has 0 aliphatic carbocycles. The number of para-hydroxylation sites is 2. The monoisotopic (exact) mass is 670 g/mol. The number of fused-ring (bicyclic) bond motifs is 1. The first-order valence-corrected chi connectivity index (χ1v) is 16.4.